The second kappa shape index (κ2) is 4.61. The molecular weight excluding hydrogens is 295 g/mol. The predicted molar refractivity (Wildman–Crippen MR) is 63.4 cm³/mol. The van der Waals surface area contributed by atoms with Crippen LogP contribution >= 0.6 is 27.5 Å². The number of hydrogen-bond donors (Lipinski definition) is 1. The summed E-state index contributed by atoms with van der Waals surface area (Å²) in [5.41, 5.74) is 0.661. The highest BCUT2D eigenvalue weighted by molar-refractivity contribution is 9.10. The molecule has 0 spiro atoms. The van der Waals surface area contributed by atoms with Gasteiger partial charge in [-0.05, 0) is 46.6 Å². The van der Waals surface area contributed by atoms with E-state index >= 15 is 0 Å². The van der Waals surface area contributed by atoms with Crippen LogP contribution < -0.4 is 0 Å². The summed E-state index contributed by atoms with van der Waals surface area (Å²) in [6.07, 6.45) is 0.774. The monoisotopic (exact) mass is 304 g/mol. The number of nitrogens with zero attached hydrogens (tertiary/aromatic N) is 2. The van der Waals surface area contributed by atoms with E-state index in [-0.39, 0.29) is 5.22 Å². The minimum atomic E-state index is -0.871. The fourth-order valence-electron chi connectivity index (χ4n) is 1.51. The molecule has 2 aromatic heterocycles. The number of furan rings is 1. The van der Waals surface area contributed by atoms with Gasteiger partial charge in [-0.1, -0.05) is 0 Å². The third-order valence-corrected chi connectivity index (χ3v) is 3.07. The Balaban J connectivity index is 2.40. The zero-order chi connectivity index (χ0) is 11.7. The molecule has 2 aromatic rings. The summed E-state index contributed by atoms with van der Waals surface area (Å²) < 4.78 is 7.62. The van der Waals surface area contributed by atoms with E-state index in [1.165, 1.54) is 0 Å². The zero-order valence-corrected chi connectivity index (χ0v) is 10.9. The van der Waals surface area contributed by atoms with Gasteiger partial charge in [-0.15, -0.1) is 0 Å². The first-order chi connectivity index (χ1) is 7.63. The number of rotatable bonds is 3. The number of hydrogen-bond acceptors (Lipinski definition) is 3. The van der Waals surface area contributed by atoms with Crippen molar-refractivity contribution in [2.24, 2.45) is 0 Å². The fourth-order valence-corrected chi connectivity index (χ4v) is 2.17. The van der Waals surface area contributed by atoms with Crippen molar-refractivity contribution in [1.29, 1.82) is 0 Å². The first-order valence-corrected chi connectivity index (χ1v) is 5.95. The summed E-state index contributed by atoms with van der Waals surface area (Å²) in [6, 6.07) is 3.24. The summed E-state index contributed by atoms with van der Waals surface area (Å²) in [5, 5.41) is 14.5. The number of aryl methyl sites for hydroxylation is 1. The average Bonchev–Trinajstić information content (AvgIpc) is 2.83. The van der Waals surface area contributed by atoms with Gasteiger partial charge < -0.3 is 9.52 Å². The molecule has 4 nitrogen and oxygen atoms in total. The third-order valence-electron chi connectivity index (χ3n) is 2.26. The Morgan fingerprint density at radius 3 is 2.94 bits per heavy atom. The molecule has 0 aliphatic carbocycles. The quantitative estimate of drug-likeness (QED) is 0.948. The van der Waals surface area contributed by atoms with Crippen LogP contribution in [0, 0.1) is 0 Å². The fraction of sp³-hybridized carbons (Fsp3) is 0.300. The van der Waals surface area contributed by atoms with Crippen LogP contribution in [0.1, 0.15) is 24.5 Å². The maximum absolute atomic E-state index is 10.1. The molecule has 0 bridgehead atoms. The van der Waals surface area contributed by atoms with Crippen LogP contribution in [0.3, 0.4) is 0 Å². The van der Waals surface area contributed by atoms with Crippen molar-refractivity contribution in [3.05, 3.63) is 39.5 Å². The van der Waals surface area contributed by atoms with Gasteiger partial charge in [0.1, 0.15) is 5.76 Å². The van der Waals surface area contributed by atoms with Crippen LogP contribution in [0.5, 0.6) is 0 Å². The summed E-state index contributed by atoms with van der Waals surface area (Å²) in [6.45, 7) is 2.62. The average molecular weight is 306 g/mol. The molecule has 1 atom stereocenters. The van der Waals surface area contributed by atoms with E-state index in [2.05, 4.69) is 21.0 Å². The minimum Gasteiger partial charge on any atom is -0.447 e. The molecule has 0 aliphatic heterocycles. The van der Waals surface area contributed by atoms with Crippen molar-refractivity contribution >= 4 is 27.5 Å². The van der Waals surface area contributed by atoms with Crippen LogP contribution in [0.15, 0.2) is 27.2 Å². The molecule has 16 heavy (non-hydrogen) atoms. The molecule has 0 aromatic carbocycles. The van der Waals surface area contributed by atoms with Crippen molar-refractivity contribution in [3.8, 4) is 0 Å². The Morgan fingerprint density at radius 1 is 1.62 bits per heavy atom. The number of halogens is 2. The Morgan fingerprint density at radius 2 is 2.38 bits per heavy atom. The molecule has 1 N–H and O–H groups in total. The van der Waals surface area contributed by atoms with Gasteiger partial charge in [-0.25, -0.2) is 0 Å². The number of aliphatic hydroxyl groups excluding tert-OH is 1. The summed E-state index contributed by atoms with van der Waals surface area (Å²) in [7, 11) is 0. The van der Waals surface area contributed by atoms with Crippen LogP contribution in [0.25, 0.3) is 0 Å². The SMILES string of the molecule is CCn1ncc(Br)c1C(O)c1ccc(Cl)o1. The van der Waals surface area contributed by atoms with E-state index in [1.807, 2.05) is 6.92 Å². The normalized spacial score (nSPS) is 13.0. The smallest absolute Gasteiger partial charge is 0.193 e. The van der Waals surface area contributed by atoms with Gasteiger partial charge in [-0.3, -0.25) is 4.68 Å². The lowest BCUT2D eigenvalue weighted by atomic mass is 10.2. The molecule has 0 aliphatic rings. The van der Waals surface area contributed by atoms with Gasteiger partial charge in [0.2, 0.25) is 0 Å². The lowest BCUT2D eigenvalue weighted by Crippen LogP contribution is -2.09. The first kappa shape index (κ1) is 11.7. The minimum absolute atomic E-state index is 0.257. The second-order valence-corrected chi connectivity index (χ2v) is 4.46. The molecule has 0 saturated carbocycles. The highest BCUT2D eigenvalue weighted by atomic mass is 79.9. The van der Waals surface area contributed by atoms with Crippen molar-refractivity contribution in [3.63, 3.8) is 0 Å². The Kier molecular flexibility index (Phi) is 3.37. The maximum Gasteiger partial charge on any atom is 0.193 e. The molecule has 1 unspecified atom stereocenters. The lowest BCUT2D eigenvalue weighted by Gasteiger charge is -2.10. The predicted octanol–water partition coefficient (Wildman–Crippen LogP) is 2.99. The van der Waals surface area contributed by atoms with Gasteiger partial charge >= 0.3 is 0 Å². The van der Waals surface area contributed by atoms with Crippen LogP contribution in [-0.2, 0) is 6.54 Å². The Bertz CT molecular complexity index is 495. The van der Waals surface area contributed by atoms with E-state index in [0.29, 0.717) is 18.0 Å². The van der Waals surface area contributed by atoms with Crippen LogP contribution in [0.2, 0.25) is 5.22 Å². The highest BCUT2D eigenvalue weighted by Gasteiger charge is 2.21. The summed E-state index contributed by atoms with van der Waals surface area (Å²) in [5.74, 6) is 0.404. The van der Waals surface area contributed by atoms with Crippen LogP contribution in [0.4, 0.5) is 0 Å². The van der Waals surface area contributed by atoms with Crippen molar-refractivity contribution in [2.75, 3.05) is 0 Å². The van der Waals surface area contributed by atoms with E-state index in [1.54, 1.807) is 23.0 Å². The van der Waals surface area contributed by atoms with Gasteiger partial charge in [-0.2, -0.15) is 5.10 Å². The maximum atomic E-state index is 10.1. The molecule has 0 saturated heterocycles. The Hall–Kier alpha value is -0.780. The number of aliphatic hydroxyl groups is 1. The lowest BCUT2D eigenvalue weighted by molar-refractivity contribution is 0.178. The molecule has 0 radical (unpaired) electrons. The summed E-state index contributed by atoms with van der Waals surface area (Å²) >= 11 is 9.01. The highest BCUT2D eigenvalue weighted by Crippen LogP contribution is 2.30. The third kappa shape index (κ3) is 2.03. The van der Waals surface area contributed by atoms with Gasteiger partial charge in [0.05, 0.1) is 16.4 Å². The topological polar surface area (TPSA) is 51.2 Å². The van der Waals surface area contributed by atoms with Gasteiger partial charge in [0.25, 0.3) is 0 Å². The van der Waals surface area contributed by atoms with Gasteiger partial charge in [0.15, 0.2) is 11.3 Å². The van der Waals surface area contributed by atoms with Gasteiger partial charge in [0, 0.05) is 6.54 Å². The standard InChI is InChI=1S/C10H10BrClN2O2/c1-2-14-9(6(11)5-13-14)10(15)7-3-4-8(12)16-7/h3-5,10,15H,2H2,1H3. The molecular formula is C10H10BrClN2O2. The second-order valence-electron chi connectivity index (χ2n) is 3.24. The largest absolute Gasteiger partial charge is 0.447 e. The molecule has 2 heterocycles. The summed E-state index contributed by atoms with van der Waals surface area (Å²) in [4.78, 5) is 0. The van der Waals surface area contributed by atoms with E-state index < -0.39 is 6.10 Å². The first-order valence-electron chi connectivity index (χ1n) is 4.78. The number of aromatic nitrogens is 2. The molecule has 86 valence electrons. The molecule has 0 amide bonds. The van der Waals surface area contributed by atoms with Crippen molar-refractivity contribution in [2.45, 2.75) is 19.6 Å². The molecule has 6 heteroatoms. The zero-order valence-electron chi connectivity index (χ0n) is 8.52. The van der Waals surface area contributed by atoms with Crippen LogP contribution in [-0.4, -0.2) is 14.9 Å². The van der Waals surface area contributed by atoms with E-state index in [9.17, 15) is 5.11 Å². The van der Waals surface area contributed by atoms with Crippen molar-refractivity contribution in [1.82, 2.24) is 9.78 Å². The van der Waals surface area contributed by atoms with E-state index in [4.69, 9.17) is 16.0 Å². The molecule has 0 fully saturated rings. The molecule has 2 rings (SSSR count). The van der Waals surface area contributed by atoms with E-state index in [0.717, 1.165) is 4.47 Å². The Labute approximate surface area is 106 Å². The van der Waals surface area contributed by atoms with Crippen molar-refractivity contribution < 1.29 is 9.52 Å².